The molecule has 1 fully saturated rings. The number of carbonyl (C=O) groups excluding carboxylic acids is 1. The second kappa shape index (κ2) is 4.33. The molecule has 1 aromatic heterocycles. The van der Waals surface area contributed by atoms with E-state index in [0.717, 1.165) is 24.3 Å². The third kappa shape index (κ3) is 2.21. The topological polar surface area (TPSA) is 46.3 Å². The zero-order chi connectivity index (χ0) is 10.8. The standard InChI is InChI=1S/C11H16N2OS/c1-2-9-3-4-10(15-9)11(14)13-6-5-8(12)7-13/h3-4,8H,2,5-7,12H2,1H3/t8-/m1/s1. The molecule has 1 atom stereocenters. The van der Waals surface area contributed by atoms with Crippen molar-refractivity contribution in [1.82, 2.24) is 4.90 Å². The molecule has 82 valence electrons. The molecule has 2 rings (SSSR count). The number of nitrogens with zero attached hydrogens (tertiary/aromatic N) is 1. The summed E-state index contributed by atoms with van der Waals surface area (Å²) in [6, 6.07) is 4.13. The maximum absolute atomic E-state index is 12.0. The van der Waals surface area contributed by atoms with Gasteiger partial charge in [0.15, 0.2) is 0 Å². The Balaban J connectivity index is 2.07. The van der Waals surface area contributed by atoms with Crippen molar-refractivity contribution in [3.63, 3.8) is 0 Å². The van der Waals surface area contributed by atoms with Gasteiger partial charge in [-0.1, -0.05) is 6.92 Å². The summed E-state index contributed by atoms with van der Waals surface area (Å²) < 4.78 is 0. The van der Waals surface area contributed by atoms with E-state index in [4.69, 9.17) is 5.73 Å². The first-order valence-corrected chi connectivity index (χ1v) is 6.16. The normalized spacial score (nSPS) is 20.9. The number of hydrogen-bond donors (Lipinski definition) is 1. The first-order valence-electron chi connectivity index (χ1n) is 5.34. The van der Waals surface area contributed by atoms with E-state index in [1.54, 1.807) is 11.3 Å². The average molecular weight is 224 g/mol. The summed E-state index contributed by atoms with van der Waals surface area (Å²) >= 11 is 1.60. The summed E-state index contributed by atoms with van der Waals surface area (Å²) in [5, 5.41) is 0. The Kier molecular flexibility index (Phi) is 3.07. The first kappa shape index (κ1) is 10.6. The number of amides is 1. The fraction of sp³-hybridized carbons (Fsp3) is 0.545. The van der Waals surface area contributed by atoms with Crippen molar-refractivity contribution in [2.75, 3.05) is 13.1 Å². The maximum Gasteiger partial charge on any atom is 0.263 e. The Morgan fingerprint density at radius 1 is 1.67 bits per heavy atom. The van der Waals surface area contributed by atoms with Gasteiger partial charge >= 0.3 is 0 Å². The molecule has 0 bridgehead atoms. The number of aryl methyl sites for hydroxylation is 1. The fourth-order valence-corrected chi connectivity index (χ4v) is 2.73. The number of likely N-dealkylation sites (tertiary alicyclic amines) is 1. The van der Waals surface area contributed by atoms with E-state index in [1.165, 1.54) is 4.88 Å². The molecule has 0 spiro atoms. The predicted octanol–water partition coefficient (Wildman–Crippen LogP) is 1.48. The molecule has 0 aromatic carbocycles. The van der Waals surface area contributed by atoms with Gasteiger partial charge < -0.3 is 10.6 Å². The van der Waals surface area contributed by atoms with Crippen LogP contribution >= 0.6 is 11.3 Å². The number of hydrogen-bond acceptors (Lipinski definition) is 3. The third-order valence-electron chi connectivity index (χ3n) is 2.73. The van der Waals surface area contributed by atoms with Crippen LogP contribution in [0, 0.1) is 0 Å². The molecule has 1 saturated heterocycles. The van der Waals surface area contributed by atoms with Gasteiger partial charge in [0.25, 0.3) is 5.91 Å². The summed E-state index contributed by atoms with van der Waals surface area (Å²) in [5.74, 6) is 0.146. The molecular formula is C11H16N2OS. The SMILES string of the molecule is CCc1ccc(C(=O)N2CC[C@@H](N)C2)s1. The van der Waals surface area contributed by atoms with Crippen molar-refractivity contribution in [1.29, 1.82) is 0 Å². The molecule has 2 N–H and O–H groups in total. The van der Waals surface area contributed by atoms with Crippen LogP contribution in [0.5, 0.6) is 0 Å². The van der Waals surface area contributed by atoms with Crippen LogP contribution in [0.15, 0.2) is 12.1 Å². The van der Waals surface area contributed by atoms with Gasteiger partial charge in [-0.15, -0.1) is 11.3 Å². The summed E-state index contributed by atoms with van der Waals surface area (Å²) in [4.78, 5) is 16.0. The van der Waals surface area contributed by atoms with Crippen molar-refractivity contribution >= 4 is 17.2 Å². The average Bonchev–Trinajstić information content (AvgIpc) is 2.84. The zero-order valence-corrected chi connectivity index (χ0v) is 9.72. The second-order valence-corrected chi connectivity index (χ2v) is 5.09. The molecule has 0 radical (unpaired) electrons. The molecule has 3 nitrogen and oxygen atoms in total. The first-order chi connectivity index (χ1) is 7.20. The second-order valence-electron chi connectivity index (χ2n) is 3.92. The van der Waals surface area contributed by atoms with Crippen LogP contribution in [0.4, 0.5) is 0 Å². The van der Waals surface area contributed by atoms with E-state index in [1.807, 2.05) is 17.0 Å². The van der Waals surface area contributed by atoms with Crippen LogP contribution in [0.2, 0.25) is 0 Å². The van der Waals surface area contributed by atoms with E-state index >= 15 is 0 Å². The monoisotopic (exact) mass is 224 g/mol. The van der Waals surface area contributed by atoms with E-state index in [0.29, 0.717) is 6.54 Å². The highest BCUT2D eigenvalue weighted by Crippen LogP contribution is 2.20. The van der Waals surface area contributed by atoms with Crippen LogP contribution in [-0.2, 0) is 6.42 Å². The Labute approximate surface area is 93.9 Å². The summed E-state index contributed by atoms with van der Waals surface area (Å²) in [5.41, 5.74) is 5.78. The Bertz CT molecular complexity index is 361. The minimum Gasteiger partial charge on any atom is -0.336 e. The largest absolute Gasteiger partial charge is 0.336 e. The highest BCUT2D eigenvalue weighted by atomic mass is 32.1. The smallest absolute Gasteiger partial charge is 0.263 e. The van der Waals surface area contributed by atoms with Crippen LogP contribution in [-0.4, -0.2) is 29.9 Å². The highest BCUT2D eigenvalue weighted by molar-refractivity contribution is 7.14. The van der Waals surface area contributed by atoms with Gasteiger partial charge in [0.1, 0.15) is 0 Å². The van der Waals surface area contributed by atoms with Crippen molar-refractivity contribution in [3.8, 4) is 0 Å². The van der Waals surface area contributed by atoms with Crippen LogP contribution < -0.4 is 5.73 Å². The fourth-order valence-electron chi connectivity index (χ4n) is 1.81. The van der Waals surface area contributed by atoms with Crippen molar-refractivity contribution in [2.24, 2.45) is 5.73 Å². The van der Waals surface area contributed by atoms with Crippen LogP contribution in [0.25, 0.3) is 0 Å². The van der Waals surface area contributed by atoms with Crippen molar-refractivity contribution < 1.29 is 4.79 Å². The molecule has 0 aliphatic carbocycles. The van der Waals surface area contributed by atoms with Crippen LogP contribution in [0.1, 0.15) is 27.9 Å². The molecule has 15 heavy (non-hydrogen) atoms. The van der Waals surface area contributed by atoms with E-state index in [9.17, 15) is 4.79 Å². The molecule has 2 heterocycles. The molecule has 1 aromatic rings. The Morgan fingerprint density at radius 2 is 2.47 bits per heavy atom. The molecule has 1 aliphatic heterocycles. The minimum absolute atomic E-state index is 0.146. The lowest BCUT2D eigenvalue weighted by Gasteiger charge is -2.14. The summed E-state index contributed by atoms with van der Waals surface area (Å²) in [7, 11) is 0. The highest BCUT2D eigenvalue weighted by Gasteiger charge is 2.25. The summed E-state index contributed by atoms with van der Waals surface area (Å²) in [6.45, 7) is 3.61. The van der Waals surface area contributed by atoms with E-state index in [2.05, 4.69) is 6.92 Å². The van der Waals surface area contributed by atoms with Gasteiger partial charge in [-0.2, -0.15) is 0 Å². The van der Waals surface area contributed by atoms with Crippen molar-refractivity contribution in [3.05, 3.63) is 21.9 Å². The predicted molar refractivity (Wildman–Crippen MR) is 62.2 cm³/mol. The van der Waals surface area contributed by atoms with Gasteiger partial charge in [-0.3, -0.25) is 4.79 Å². The van der Waals surface area contributed by atoms with Gasteiger partial charge in [0, 0.05) is 24.0 Å². The van der Waals surface area contributed by atoms with E-state index < -0.39 is 0 Å². The van der Waals surface area contributed by atoms with Gasteiger partial charge in [0.05, 0.1) is 4.88 Å². The molecule has 1 amide bonds. The maximum atomic E-state index is 12.0. The van der Waals surface area contributed by atoms with Gasteiger partial charge in [0.2, 0.25) is 0 Å². The lowest BCUT2D eigenvalue weighted by molar-refractivity contribution is 0.0795. The number of thiophene rings is 1. The van der Waals surface area contributed by atoms with Gasteiger partial charge in [-0.25, -0.2) is 0 Å². The molecule has 1 aliphatic rings. The lowest BCUT2D eigenvalue weighted by Crippen LogP contribution is -2.31. The minimum atomic E-state index is 0.146. The van der Waals surface area contributed by atoms with Crippen LogP contribution in [0.3, 0.4) is 0 Å². The Morgan fingerprint density at radius 3 is 3.00 bits per heavy atom. The molecule has 0 saturated carbocycles. The van der Waals surface area contributed by atoms with E-state index in [-0.39, 0.29) is 11.9 Å². The number of rotatable bonds is 2. The van der Waals surface area contributed by atoms with Gasteiger partial charge in [-0.05, 0) is 25.0 Å². The third-order valence-corrected chi connectivity index (χ3v) is 3.95. The zero-order valence-electron chi connectivity index (χ0n) is 8.90. The summed E-state index contributed by atoms with van der Waals surface area (Å²) in [6.07, 6.45) is 1.93. The lowest BCUT2D eigenvalue weighted by atomic mass is 10.3. The number of carbonyl (C=O) groups is 1. The molecular weight excluding hydrogens is 208 g/mol. The number of nitrogens with two attached hydrogens (primary N) is 1. The molecule has 0 unspecified atom stereocenters. The van der Waals surface area contributed by atoms with Crippen molar-refractivity contribution in [2.45, 2.75) is 25.8 Å². The Hall–Kier alpha value is -0.870. The quantitative estimate of drug-likeness (QED) is 0.827. The molecule has 4 heteroatoms.